The number of aryl methyl sites for hydroxylation is 1. The number of aromatic nitrogens is 1. The van der Waals surface area contributed by atoms with Crippen molar-refractivity contribution in [1.82, 2.24) is 20.1 Å². The Bertz CT molecular complexity index is 1300. The van der Waals surface area contributed by atoms with E-state index in [9.17, 15) is 9.59 Å². The molecular formula is C30H39ClN4O2S. The minimum atomic E-state index is -0.0695. The maximum absolute atomic E-state index is 12.5. The zero-order valence-electron chi connectivity index (χ0n) is 23.3. The van der Waals surface area contributed by atoms with Crippen LogP contribution in [0.25, 0.3) is 21.3 Å². The van der Waals surface area contributed by atoms with Gasteiger partial charge in [0.05, 0.1) is 28.6 Å². The topological polar surface area (TPSA) is 65.5 Å². The van der Waals surface area contributed by atoms with Crippen molar-refractivity contribution in [3.05, 3.63) is 51.5 Å². The number of carbonyl (C=O) groups is 2. The molecule has 2 amide bonds. The quantitative estimate of drug-likeness (QED) is 0.376. The van der Waals surface area contributed by atoms with Gasteiger partial charge in [-0.2, -0.15) is 0 Å². The molecule has 0 spiro atoms. The van der Waals surface area contributed by atoms with Crippen LogP contribution in [0, 0.1) is 18.8 Å². The molecule has 1 saturated carbocycles. The number of hydrogen-bond donors (Lipinski definition) is 1. The average Bonchev–Trinajstić information content (AvgIpc) is 3.56. The van der Waals surface area contributed by atoms with Crippen molar-refractivity contribution < 1.29 is 9.59 Å². The second-order valence-corrected chi connectivity index (χ2v) is 11.3. The minimum Gasteiger partial charge on any atom is -0.314 e. The first-order chi connectivity index (χ1) is 18.4. The van der Waals surface area contributed by atoms with Crippen LogP contribution in [0.15, 0.2) is 30.5 Å². The van der Waals surface area contributed by atoms with Gasteiger partial charge in [-0.3, -0.25) is 24.4 Å². The van der Waals surface area contributed by atoms with Gasteiger partial charge in [-0.25, -0.2) is 0 Å². The number of hydrogen-bond acceptors (Lipinski definition) is 6. The third kappa shape index (κ3) is 5.53. The smallest absolute Gasteiger partial charge is 0.233 e. The Balaban J connectivity index is 0.000000804. The normalized spacial score (nSPS) is 22.5. The van der Waals surface area contributed by atoms with Crippen LogP contribution in [-0.4, -0.2) is 52.3 Å². The van der Waals surface area contributed by atoms with Crippen molar-refractivity contribution in [2.75, 3.05) is 19.6 Å². The molecule has 6 rings (SSSR count). The molecule has 1 N–H and O–H groups in total. The molecular weight excluding hydrogens is 516 g/mol. The monoisotopic (exact) mass is 554 g/mol. The van der Waals surface area contributed by atoms with Crippen molar-refractivity contribution in [2.24, 2.45) is 11.8 Å². The summed E-state index contributed by atoms with van der Waals surface area (Å²) in [6.45, 7) is 16.6. The first kappa shape index (κ1) is 28.7. The van der Waals surface area contributed by atoms with Crippen LogP contribution in [0.4, 0.5) is 0 Å². The summed E-state index contributed by atoms with van der Waals surface area (Å²) < 4.78 is 1.07. The van der Waals surface area contributed by atoms with Crippen molar-refractivity contribution in [3.8, 4) is 11.1 Å². The predicted molar refractivity (Wildman–Crippen MR) is 157 cm³/mol. The van der Waals surface area contributed by atoms with Crippen LogP contribution in [0.1, 0.15) is 57.0 Å². The second-order valence-electron chi connectivity index (χ2n) is 9.77. The molecule has 38 heavy (non-hydrogen) atoms. The van der Waals surface area contributed by atoms with Crippen LogP contribution in [0.2, 0.25) is 5.02 Å². The highest BCUT2D eigenvalue weighted by atomic mass is 35.5. The summed E-state index contributed by atoms with van der Waals surface area (Å²) in [7, 11) is 0. The van der Waals surface area contributed by atoms with Gasteiger partial charge in [0.15, 0.2) is 0 Å². The first-order valence-corrected chi connectivity index (χ1v) is 15.1. The summed E-state index contributed by atoms with van der Waals surface area (Å²) >= 11 is 8.16. The highest BCUT2D eigenvalue weighted by molar-refractivity contribution is 7.19. The molecule has 1 aliphatic carbocycles. The van der Waals surface area contributed by atoms with Crippen molar-refractivity contribution in [2.45, 2.75) is 67.1 Å². The summed E-state index contributed by atoms with van der Waals surface area (Å²) in [5, 5.41) is 4.19. The highest BCUT2D eigenvalue weighted by Crippen LogP contribution is 2.48. The van der Waals surface area contributed by atoms with Crippen LogP contribution in [0.5, 0.6) is 0 Å². The number of nitrogens with zero attached hydrogens (tertiary/aromatic N) is 3. The molecule has 0 bridgehead atoms. The van der Waals surface area contributed by atoms with Gasteiger partial charge in [0.2, 0.25) is 11.8 Å². The van der Waals surface area contributed by atoms with Crippen LogP contribution >= 0.6 is 22.9 Å². The number of likely N-dealkylation sites (tertiary alicyclic amines) is 1. The molecule has 2 aliphatic heterocycles. The number of amides is 2. The average molecular weight is 555 g/mol. The zero-order chi connectivity index (χ0) is 27.6. The van der Waals surface area contributed by atoms with E-state index in [0.717, 1.165) is 63.8 Å². The van der Waals surface area contributed by atoms with E-state index in [2.05, 4.69) is 41.2 Å². The molecule has 4 heterocycles. The summed E-state index contributed by atoms with van der Waals surface area (Å²) in [6.07, 6.45) is 2.57. The van der Waals surface area contributed by atoms with E-state index >= 15 is 0 Å². The molecule has 204 valence electrons. The molecule has 1 aromatic carbocycles. The number of pyridine rings is 1. The van der Waals surface area contributed by atoms with E-state index in [-0.39, 0.29) is 23.7 Å². The lowest BCUT2D eigenvalue weighted by atomic mass is 9.95. The summed E-state index contributed by atoms with van der Waals surface area (Å²) in [5.74, 6) is -0.170. The third-order valence-corrected chi connectivity index (χ3v) is 8.82. The summed E-state index contributed by atoms with van der Waals surface area (Å²) in [4.78, 5) is 34.5. The number of piperazine rings is 1. The van der Waals surface area contributed by atoms with Crippen LogP contribution in [-0.2, 0) is 22.7 Å². The highest BCUT2D eigenvalue weighted by Gasteiger charge is 2.58. The number of fused-ring (bicyclic) bond motifs is 2. The second kappa shape index (κ2) is 12.2. The number of halogens is 1. The fraction of sp³-hybridized carbons (Fsp3) is 0.500. The van der Waals surface area contributed by atoms with E-state index < -0.39 is 0 Å². The molecule has 0 radical (unpaired) electrons. The lowest BCUT2D eigenvalue weighted by Crippen LogP contribution is -2.49. The van der Waals surface area contributed by atoms with Gasteiger partial charge in [-0.1, -0.05) is 39.3 Å². The van der Waals surface area contributed by atoms with E-state index in [1.54, 1.807) is 11.3 Å². The van der Waals surface area contributed by atoms with Gasteiger partial charge < -0.3 is 5.32 Å². The predicted octanol–water partition coefficient (Wildman–Crippen LogP) is 6.28. The maximum Gasteiger partial charge on any atom is 0.233 e. The van der Waals surface area contributed by atoms with E-state index in [4.69, 9.17) is 11.6 Å². The van der Waals surface area contributed by atoms with Gasteiger partial charge in [0.25, 0.3) is 0 Å². The van der Waals surface area contributed by atoms with Crippen LogP contribution < -0.4 is 5.32 Å². The molecule has 3 aliphatic rings. The number of imide groups is 1. The van der Waals surface area contributed by atoms with E-state index in [0.29, 0.717) is 12.6 Å². The fourth-order valence-electron chi connectivity index (χ4n) is 5.38. The van der Waals surface area contributed by atoms with Crippen molar-refractivity contribution in [3.63, 3.8) is 0 Å². The number of rotatable bonds is 5. The molecule has 3 atom stereocenters. The number of carbonyl (C=O) groups excluding carboxylic acids is 2. The number of piperidine rings is 1. The van der Waals surface area contributed by atoms with E-state index in [1.807, 2.05) is 46.0 Å². The van der Waals surface area contributed by atoms with Crippen molar-refractivity contribution in [1.29, 1.82) is 0 Å². The lowest BCUT2D eigenvalue weighted by molar-refractivity contribution is -0.141. The molecule has 6 nitrogen and oxygen atoms in total. The molecule has 3 aromatic rings. The minimum absolute atomic E-state index is 0.0152. The Kier molecular flexibility index (Phi) is 9.24. The lowest BCUT2D eigenvalue weighted by Gasteiger charge is -2.35. The van der Waals surface area contributed by atoms with E-state index in [1.165, 1.54) is 16.0 Å². The zero-order valence-corrected chi connectivity index (χ0v) is 24.9. The maximum atomic E-state index is 12.5. The standard InChI is InChI=1S/C26H27ClN4O2S.2C2H6/c1-14-7-16(27)8-19(22(14)13-30-6-5-28-11-15(30)2)18-3-4-29-23-9-17(34-24(18)23)12-31-25(32)20-10-21(20)26(31)33;2*1-2/h3-4,7-9,15,20-21,28H,5-6,10-13H2,1-2H3;2*1-2H3. The molecule has 8 heteroatoms. The Morgan fingerprint density at radius 1 is 1.05 bits per heavy atom. The fourth-order valence-corrected chi connectivity index (χ4v) is 6.79. The summed E-state index contributed by atoms with van der Waals surface area (Å²) in [6, 6.07) is 8.64. The first-order valence-electron chi connectivity index (χ1n) is 13.9. The molecule has 3 unspecified atom stereocenters. The van der Waals surface area contributed by atoms with Crippen molar-refractivity contribution >= 4 is 45.0 Å². The number of thiophene rings is 1. The van der Waals surface area contributed by atoms with Gasteiger partial charge in [-0.05, 0) is 61.2 Å². The molecule has 2 saturated heterocycles. The number of nitrogens with one attached hydrogen (secondary N) is 1. The Morgan fingerprint density at radius 2 is 1.76 bits per heavy atom. The van der Waals surface area contributed by atoms with Gasteiger partial charge >= 0.3 is 0 Å². The van der Waals surface area contributed by atoms with Gasteiger partial charge in [0.1, 0.15) is 0 Å². The third-order valence-electron chi connectivity index (χ3n) is 7.46. The Hall–Kier alpha value is -2.32. The van der Waals surface area contributed by atoms with Gasteiger partial charge in [0, 0.05) is 53.9 Å². The summed E-state index contributed by atoms with van der Waals surface area (Å²) in [5.41, 5.74) is 5.59. The van der Waals surface area contributed by atoms with Crippen LogP contribution in [0.3, 0.4) is 0 Å². The SMILES string of the molecule is CC.CC.Cc1cc(Cl)cc(-c2ccnc3cc(CN4C(=O)C5CC5C4=O)sc23)c1CN1CCNCC1C. The van der Waals surface area contributed by atoms with Gasteiger partial charge in [-0.15, -0.1) is 11.3 Å². The largest absolute Gasteiger partial charge is 0.314 e. The number of benzene rings is 1. The Morgan fingerprint density at radius 3 is 2.45 bits per heavy atom. The molecule has 2 aromatic heterocycles. The Labute approximate surface area is 235 Å². The molecule has 3 fully saturated rings.